The van der Waals surface area contributed by atoms with E-state index in [0.717, 1.165) is 19.6 Å². The molecule has 4 atom stereocenters. The normalized spacial score (nSPS) is 36.4. The molecule has 1 rings (SSSR count). The molecule has 0 aromatic heterocycles. The predicted molar refractivity (Wildman–Crippen MR) is 93.0 cm³/mol. The third-order valence-electron chi connectivity index (χ3n) is 4.86. The van der Waals surface area contributed by atoms with Crippen LogP contribution in [-0.4, -0.2) is 62.3 Å². The fraction of sp³-hybridized carbons (Fsp3) is 1.00. The molecule has 4 heteroatoms. The van der Waals surface area contributed by atoms with Crippen molar-refractivity contribution < 1.29 is 0 Å². The van der Waals surface area contributed by atoms with Crippen molar-refractivity contribution in [3.05, 3.63) is 0 Å². The van der Waals surface area contributed by atoms with Gasteiger partial charge in [0.2, 0.25) is 0 Å². The zero-order chi connectivity index (χ0) is 15.7. The summed E-state index contributed by atoms with van der Waals surface area (Å²) in [5, 5.41) is 11.0. The van der Waals surface area contributed by atoms with Crippen LogP contribution in [0.1, 0.15) is 53.4 Å². The van der Waals surface area contributed by atoms with Crippen LogP contribution in [0.2, 0.25) is 0 Å². The molecule has 0 bridgehead atoms. The van der Waals surface area contributed by atoms with Crippen LogP contribution in [0.5, 0.6) is 0 Å². The standard InChI is InChI=1S/C17H38N4/c1-14-7-11-19-16(3)9-13-21(5)17(4)8-12-20-15(2)6-10-18-14/h14-20H,6-13H2,1-5H3. The van der Waals surface area contributed by atoms with Gasteiger partial charge in [-0.05, 0) is 86.6 Å². The molecule has 0 amide bonds. The Kier molecular flexibility index (Phi) is 9.49. The summed E-state index contributed by atoms with van der Waals surface area (Å²) in [5.74, 6) is 0. The molecule has 4 unspecified atom stereocenters. The molecule has 4 nitrogen and oxygen atoms in total. The van der Waals surface area contributed by atoms with Gasteiger partial charge in [-0.25, -0.2) is 0 Å². The van der Waals surface area contributed by atoms with E-state index in [1.54, 1.807) is 0 Å². The summed E-state index contributed by atoms with van der Waals surface area (Å²) in [7, 11) is 2.26. The van der Waals surface area contributed by atoms with Gasteiger partial charge in [-0.3, -0.25) is 0 Å². The maximum atomic E-state index is 3.66. The average molecular weight is 299 g/mol. The van der Waals surface area contributed by atoms with Gasteiger partial charge in [-0.2, -0.15) is 0 Å². The van der Waals surface area contributed by atoms with E-state index >= 15 is 0 Å². The van der Waals surface area contributed by atoms with Crippen molar-refractivity contribution in [1.82, 2.24) is 20.9 Å². The highest BCUT2D eigenvalue weighted by Gasteiger charge is 2.12. The zero-order valence-electron chi connectivity index (χ0n) is 14.9. The lowest BCUT2D eigenvalue weighted by Gasteiger charge is -2.27. The highest BCUT2D eigenvalue weighted by Crippen LogP contribution is 2.04. The molecule has 1 saturated heterocycles. The van der Waals surface area contributed by atoms with Gasteiger partial charge >= 0.3 is 0 Å². The molecule has 126 valence electrons. The molecule has 0 radical (unpaired) electrons. The summed E-state index contributed by atoms with van der Waals surface area (Å²) in [6.45, 7) is 13.8. The average Bonchev–Trinajstić information content (AvgIpc) is 2.43. The third-order valence-corrected chi connectivity index (χ3v) is 4.86. The number of rotatable bonds is 0. The Labute approximate surface area is 132 Å². The summed E-state index contributed by atoms with van der Waals surface area (Å²) < 4.78 is 0. The second-order valence-corrected chi connectivity index (χ2v) is 7.05. The van der Waals surface area contributed by atoms with Gasteiger partial charge in [0.1, 0.15) is 0 Å². The minimum atomic E-state index is 0.604. The topological polar surface area (TPSA) is 39.3 Å². The molecule has 1 fully saturated rings. The van der Waals surface area contributed by atoms with Crippen LogP contribution in [-0.2, 0) is 0 Å². The summed E-state index contributed by atoms with van der Waals surface area (Å²) in [6, 6.07) is 2.47. The first kappa shape index (κ1) is 18.9. The predicted octanol–water partition coefficient (Wildman–Crippen LogP) is 1.82. The van der Waals surface area contributed by atoms with Crippen molar-refractivity contribution in [3.63, 3.8) is 0 Å². The third kappa shape index (κ3) is 8.77. The molecule has 0 aromatic carbocycles. The fourth-order valence-corrected chi connectivity index (χ4v) is 2.78. The van der Waals surface area contributed by atoms with Crippen molar-refractivity contribution in [2.24, 2.45) is 0 Å². The number of nitrogens with one attached hydrogen (secondary N) is 3. The lowest BCUT2D eigenvalue weighted by molar-refractivity contribution is 0.230. The molecule has 1 heterocycles. The monoisotopic (exact) mass is 298 g/mol. The van der Waals surface area contributed by atoms with Crippen LogP contribution in [0.4, 0.5) is 0 Å². The first-order chi connectivity index (χ1) is 9.99. The Hall–Kier alpha value is -0.160. The molecule has 21 heavy (non-hydrogen) atoms. The summed E-state index contributed by atoms with van der Waals surface area (Å²) in [6.07, 6.45) is 4.87. The fourth-order valence-electron chi connectivity index (χ4n) is 2.78. The van der Waals surface area contributed by atoms with E-state index in [1.807, 2.05) is 0 Å². The Morgan fingerprint density at radius 1 is 0.667 bits per heavy atom. The van der Waals surface area contributed by atoms with Crippen LogP contribution < -0.4 is 16.0 Å². The highest BCUT2D eigenvalue weighted by atomic mass is 15.1. The van der Waals surface area contributed by atoms with Gasteiger partial charge in [0.15, 0.2) is 0 Å². The van der Waals surface area contributed by atoms with E-state index in [9.17, 15) is 0 Å². The maximum absolute atomic E-state index is 3.66. The first-order valence-corrected chi connectivity index (χ1v) is 8.89. The molecule has 0 aromatic rings. The quantitative estimate of drug-likeness (QED) is 0.638. The largest absolute Gasteiger partial charge is 0.314 e. The van der Waals surface area contributed by atoms with Gasteiger partial charge in [0, 0.05) is 24.2 Å². The van der Waals surface area contributed by atoms with E-state index in [1.165, 1.54) is 32.2 Å². The van der Waals surface area contributed by atoms with Crippen LogP contribution in [0, 0.1) is 0 Å². The minimum absolute atomic E-state index is 0.604. The highest BCUT2D eigenvalue weighted by molar-refractivity contribution is 4.72. The summed E-state index contributed by atoms with van der Waals surface area (Å²) >= 11 is 0. The zero-order valence-corrected chi connectivity index (χ0v) is 14.9. The van der Waals surface area contributed by atoms with E-state index in [4.69, 9.17) is 0 Å². The summed E-state index contributed by atoms with van der Waals surface area (Å²) in [4.78, 5) is 2.50. The van der Waals surface area contributed by atoms with Crippen LogP contribution in [0.3, 0.4) is 0 Å². The molecule has 0 spiro atoms. The van der Waals surface area contributed by atoms with E-state index < -0.39 is 0 Å². The molecule has 1 aliphatic heterocycles. The lowest BCUT2D eigenvalue weighted by Crippen LogP contribution is -2.40. The van der Waals surface area contributed by atoms with E-state index in [0.29, 0.717) is 24.2 Å². The maximum Gasteiger partial charge on any atom is 0.00759 e. The van der Waals surface area contributed by atoms with Crippen LogP contribution in [0.25, 0.3) is 0 Å². The van der Waals surface area contributed by atoms with Gasteiger partial charge in [0.25, 0.3) is 0 Å². The van der Waals surface area contributed by atoms with Gasteiger partial charge in [0.05, 0.1) is 0 Å². The van der Waals surface area contributed by atoms with Gasteiger partial charge in [-0.1, -0.05) is 0 Å². The van der Waals surface area contributed by atoms with Crippen molar-refractivity contribution in [2.75, 3.05) is 33.2 Å². The minimum Gasteiger partial charge on any atom is -0.314 e. The van der Waals surface area contributed by atoms with Crippen molar-refractivity contribution in [3.8, 4) is 0 Å². The smallest absolute Gasteiger partial charge is 0.00759 e. The molecule has 0 saturated carbocycles. The number of nitrogens with zero attached hydrogens (tertiary/aromatic N) is 1. The van der Waals surface area contributed by atoms with Crippen molar-refractivity contribution in [1.29, 1.82) is 0 Å². The van der Waals surface area contributed by atoms with Gasteiger partial charge in [-0.15, -0.1) is 0 Å². The second kappa shape index (κ2) is 10.5. The van der Waals surface area contributed by atoms with Gasteiger partial charge < -0.3 is 20.9 Å². The molecular formula is C17H38N4. The van der Waals surface area contributed by atoms with E-state index in [-0.39, 0.29) is 0 Å². The lowest BCUT2D eigenvalue weighted by atomic mass is 10.1. The Morgan fingerprint density at radius 2 is 1.10 bits per heavy atom. The SMILES string of the molecule is CC1CCNC(C)CCN(C)C(C)CCNC(C)CCN1. The second-order valence-electron chi connectivity index (χ2n) is 7.05. The summed E-state index contributed by atoms with van der Waals surface area (Å²) in [5.41, 5.74) is 0. The van der Waals surface area contributed by atoms with Crippen LogP contribution in [0.15, 0.2) is 0 Å². The molecular weight excluding hydrogens is 260 g/mol. The Morgan fingerprint density at radius 3 is 1.62 bits per heavy atom. The van der Waals surface area contributed by atoms with Crippen molar-refractivity contribution >= 4 is 0 Å². The molecule has 0 aliphatic carbocycles. The Bertz CT molecular complexity index is 259. The number of hydrogen-bond donors (Lipinski definition) is 3. The molecule has 1 aliphatic rings. The molecule has 3 N–H and O–H groups in total. The van der Waals surface area contributed by atoms with Crippen molar-refractivity contribution in [2.45, 2.75) is 77.5 Å². The number of hydrogen-bond acceptors (Lipinski definition) is 4. The Balaban J connectivity index is 2.43. The van der Waals surface area contributed by atoms with E-state index in [2.05, 4.69) is 55.6 Å². The first-order valence-electron chi connectivity index (χ1n) is 8.89. The van der Waals surface area contributed by atoms with Crippen LogP contribution >= 0.6 is 0 Å².